The van der Waals surface area contributed by atoms with Crippen LogP contribution in [-0.2, 0) is 16.0 Å². The SMILES string of the molecule is COC(=O)CCc1oc(-n2cnc3cc(C)c(C)cc32)nc1-c1ccc(Cl)cc1. The first-order valence-electron chi connectivity index (χ1n) is 9.23. The molecule has 0 aliphatic rings. The molecule has 29 heavy (non-hydrogen) atoms. The first kappa shape index (κ1) is 19.2. The van der Waals surface area contributed by atoms with E-state index in [-0.39, 0.29) is 12.4 Å². The number of aryl methyl sites for hydroxylation is 3. The predicted octanol–water partition coefficient (Wildman–Crippen LogP) is 5.06. The average molecular weight is 410 g/mol. The number of esters is 1. The van der Waals surface area contributed by atoms with Gasteiger partial charge in [-0.1, -0.05) is 23.7 Å². The number of nitrogens with zero attached hydrogens (tertiary/aromatic N) is 3. The number of benzene rings is 2. The summed E-state index contributed by atoms with van der Waals surface area (Å²) in [6, 6.07) is 11.9. The molecule has 6 nitrogen and oxygen atoms in total. The second-order valence-electron chi connectivity index (χ2n) is 6.89. The molecule has 4 aromatic rings. The minimum Gasteiger partial charge on any atom is -0.469 e. The Morgan fingerprint density at radius 3 is 2.62 bits per heavy atom. The smallest absolute Gasteiger partial charge is 0.308 e. The van der Waals surface area contributed by atoms with E-state index in [9.17, 15) is 4.79 Å². The number of hydrogen-bond acceptors (Lipinski definition) is 5. The Kier molecular flexibility index (Phi) is 5.11. The zero-order valence-electron chi connectivity index (χ0n) is 16.4. The highest BCUT2D eigenvalue weighted by Gasteiger charge is 2.19. The van der Waals surface area contributed by atoms with Gasteiger partial charge in [-0.3, -0.25) is 9.36 Å². The van der Waals surface area contributed by atoms with Crippen molar-refractivity contribution in [3.05, 3.63) is 64.6 Å². The van der Waals surface area contributed by atoms with Gasteiger partial charge in [0.05, 0.1) is 24.6 Å². The molecule has 0 saturated carbocycles. The Bertz CT molecular complexity index is 1190. The Balaban J connectivity index is 1.81. The molecule has 0 radical (unpaired) electrons. The normalized spacial score (nSPS) is 11.2. The van der Waals surface area contributed by atoms with Crippen molar-refractivity contribution in [1.82, 2.24) is 14.5 Å². The van der Waals surface area contributed by atoms with Gasteiger partial charge in [0.1, 0.15) is 17.8 Å². The molecule has 0 aliphatic carbocycles. The summed E-state index contributed by atoms with van der Waals surface area (Å²) in [5.41, 5.74) is 5.66. The summed E-state index contributed by atoms with van der Waals surface area (Å²) in [7, 11) is 1.37. The van der Waals surface area contributed by atoms with Crippen molar-refractivity contribution < 1.29 is 13.9 Å². The van der Waals surface area contributed by atoms with Crippen molar-refractivity contribution in [2.45, 2.75) is 26.7 Å². The van der Waals surface area contributed by atoms with Gasteiger partial charge in [-0.15, -0.1) is 0 Å². The van der Waals surface area contributed by atoms with Crippen molar-refractivity contribution in [2.75, 3.05) is 7.11 Å². The third-order valence-electron chi connectivity index (χ3n) is 4.96. The summed E-state index contributed by atoms with van der Waals surface area (Å²) in [4.78, 5) is 20.8. The van der Waals surface area contributed by atoms with Crippen LogP contribution in [0.15, 0.2) is 47.1 Å². The number of oxazole rings is 1. The number of hydrogen-bond donors (Lipinski definition) is 0. The lowest BCUT2D eigenvalue weighted by Crippen LogP contribution is -2.02. The van der Waals surface area contributed by atoms with Crippen LogP contribution in [0.25, 0.3) is 28.3 Å². The number of methoxy groups -OCH3 is 1. The van der Waals surface area contributed by atoms with E-state index in [2.05, 4.69) is 24.9 Å². The van der Waals surface area contributed by atoms with Crippen LogP contribution < -0.4 is 0 Å². The molecular weight excluding hydrogens is 390 g/mol. The van der Waals surface area contributed by atoms with Crippen molar-refractivity contribution in [3.8, 4) is 17.3 Å². The molecule has 4 rings (SSSR count). The van der Waals surface area contributed by atoms with Gasteiger partial charge >= 0.3 is 12.0 Å². The minimum absolute atomic E-state index is 0.203. The van der Waals surface area contributed by atoms with E-state index >= 15 is 0 Å². The number of fused-ring (bicyclic) bond motifs is 1. The topological polar surface area (TPSA) is 70.2 Å². The predicted molar refractivity (Wildman–Crippen MR) is 111 cm³/mol. The Morgan fingerprint density at radius 2 is 1.90 bits per heavy atom. The second kappa shape index (κ2) is 7.72. The molecule has 0 fully saturated rings. The van der Waals surface area contributed by atoms with Crippen molar-refractivity contribution in [1.29, 1.82) is 0 Å². The van der Waals surface area contributed by atoms with Crippen LogP contribution in [0.3, 0.4) is 0 Å². The summed E-state index contributed by atoms with van der Waals surface area (Å²) in [6.07, 6.45) is 2.28. The fraction of sp³-hybridized carbons (Fsp3) is 0.227. The standard InChI is InChI=1S/C22H20ClN3O3/c1-13-10-17-18(11-14(13)2)26(12-24-17)22-25-21(15-4-6-16(23)7-5-15)19(29-22)8-9-20(27)28-3/h4-7,10-12H,8-9H2,1-3H3. The van der Waals surface area contributed by atoms with Crippen molar-refractivity contribution in [2.24, 2.45) is 0 Å². The molecule has 0 spiro atoms. The van der Waals surface area contributed by atoms with Gasteiger partial charge in [-0.2, -0.15) is 4.98 Å². The summed E-state index contributed by atoms with van der Waals surface area (Å²) >= 11 is 6.02. The fourth-order valence-corrected chi connectivity index (χ4v) is 3.31. The van der Waals surface area contributed by atoms with E-state index in [4.69, 9.17) is 25.7 Å². The Morgan fingerprint density at radius 1 is 1.17 bits per heavy atom. The zero-order valence-corrected chi connectivity index (χ0v) is 17.2. The maximum atomic E-state index is 11.6. The van der Waals surface area contributed by atoms with Crippen LogP contribution in [-0.4, -0.2) is 27.6 Å². The van der Waals surface area contributed by atoms with Gasteiger partial charge in [-0.05, 0) is 49.2 Å². The van der Waals surface area contributed by atoms with Crippen LogP contribution in [0.5, 0.6) is 0 Å². The number of imidazole rings is 1. The lowest BCUT2D eigenvalue weighted by atomic mass is 10.1. The van der Waals surface area contributed by atoms with Gasteiger partial charge in [0.2, 0.25) is 0 Å². The molecule has 2 aromatic heterocycles. The minimum atomic E-state index is -0.302. The highest BCUT2D eigenvalue weighted by molar-refractivity contribution is 6.30. The summed E-state index contributed by atoms with van der Waals surface area (Å²) < 4.78 is 12.7. The number of carbonyl (C=O) groups excluding carboxylic acids is 1. The van der Waals surface area contributed by atoms with Crippen LogP contribution in [0.2, 0.25) is 5.02 Å². The van der Waals surface area contributed by atoms with Gasteiger partial charge in [0.15, 0.2) is 0 Å². The lowest BCUT2D eigenvalue weighted by molar-refractivity contribution is -0.140. The molecule has 2 aromatic carbocycles. The average Bonchev–Trinajstić information content (AvgIpc) is 3.31. The third kappa shape index (κ3) is 3.76. The summed E-state index contributed by atoms with van der Waals surface area (Å²) in [5, 5.41) is 0.639. The van der Waals surface area contributed by atoms with Crippen molar-refractivity contribution >= 4 is 28.6 Å². The molecule has 0 N–H and O–H groups in total. The molecule has 0 unspecified atom stereocenters. The molecule has 7 heteroatoms. The molecule has 0 amide bonds. The van der Waals surface area contributed by atoms with E-state index in [1.807, 2.05) is 22.8 Å². The van der Waals surface area contributed by atoms with Crippen LogP contribution >= 0.6 is 11.6 Å². The van der Waals surface area contributed by atoms with Crippen LogP contribution in [0, 0.1) is 13.8 Å². The van der Waals surface area contributed by atoms with E-state index in [1.165, 1.54) is 12.7 Å². The maximum absolute atomic E-state index is 11.6. The lowest BCUT2D eigenvalue weighted by Gasteiger charge is -2.02. The molecule has 0 aliphatic heterocycles. The molecule has 0 atom stereocenters. The van der Waals surface area contributed by atoms with E-state index < -0.39 is 0 Å². The molecule has 148 valence electrons. The van der Waals surface area contributed by atoms with Crippen LogP contribution in [0.4, 0.5) is 0 Å². The fourth-order valence-electron chi connectivity index (χ4n) is 3.18. The quantitative estimate of drug-likeness (QED) is 0.431. The van der Waals surface area contributed by atoms with Gasteiger partial charge in [0.25, 0.3) is 0 Å². The molecule has 0 saturated heterocycles. The maximum Gasteiger partial charge on any atom is 0.308 e. The highest BCUT2D eigenvalue weighted by Crippen LogP contribution is 2.30. The summed E-state index contributed by atoms with van der Waals surface area (Å²) in [5.74, 6) is 0.308. The highest BCUT2D eigenvalue weighted by atomic mass is 35.5. The molecular formula is C22H20ClN3O3. The molecule has 2 heterocycles. The Labute approximate surface area is 173 Å². The number of halogens is 1. The van der Waals surface area contributed by atoms with Crippen molar-refractivity contribution in [3.63, 3.8) is 0 Å². The zero-order chi connectivity index (χ0) is 20.5. The van der Waals surface area contributed by atoms with Gasteiger partial charge in [-0.25, -0.2) is 4.98 Å². The third-order valence-corrected chi connectivity index (χ3v) is 5.21. The van der Waals surface area contributed by atoms with E-state index in [0.717, 1.165) is 22.2 Å². The van der Waals surface area contributed by atoms with E-state index in [1.54, 1.807) is 18.5 Å². The summed E-state index contributed by atoms with van der Waals surface area (Å²) in [6.45, 7) is 4.12. The first-order valence-corrected chi connectivity index (χ1v) is 9.61. The van der Waals surface area contributed by atoms with Crippen LogP contribution in [0.1, 0.15) is 23.3 Å². The number of carbonyl (C=O) groups is 1. The molecule has 0 bridgehead atoms. The first-order chi connectivity index (χ1) is 14.0. The number of ether oxygens (including phenoxy) is 1. The number of aromatic nitrogens is 3. The van der Waals surface area contributed by atoms with E-state index in [0.29, 0.717) is 28.9 Å². The second-order valence-corrected chi connectivity index (χ2v) is 7.33. The van der Waals surface area contributed by atoms with Gasteiger partial charge in [0, 0.05) is 17.0 Å². The number of rotatable bonds is 5. The Hall–Kier alpha value is -3.12. The van der Waals surface area contributed by atoms with Gasteiger partial charge < -0.3 is 9.15 Å². The monoisotopic (exact) mass is 409 g/mol. The largest absolute Gasteiger partial charge is 0.469 e.